The first-order chi connectivity index (χ1) is 14.5. The first kappa shape index (κ1) is 20.0. The summed E-state index contributed by atoms with van der Waals surface area (Å²) in [6.45, 7) is 3.28. The van der Waals surface area contributed by atoms with Crippen molar-refractivity contribution in [3.63, 3.8) is 0 Å². The van der Waals surface area contributed by atoms with Gasteiger partial charge < -0.3 is 24.2 Å². The molecular formula is C23H23NO6. The van der Waals surface area contributed by atoms with Crippen molar-refractivity contribution in [1.29, 1.82) is 0 Å². The summed E-state index contributed by atoms with van der Waals surface area (Å²) in [5.41, 5.74) is 2.15. The van der Waals surface area contributed by atoms with Crippen LogP contribution < -0.4 is 9.47 Å². The molecule has 30 heavy (non-hydrogen) atoms. The van der Waals surface area contributed by atoms with Crippen LogP contribution in [0.25, 0.3) is 5.76 Å². The van der Waals surface area contributed by atoms with E-state index in [2.05, 4.69) is 0 Å². The molecule has 2 aliphatic rings. The van der Waals surface area contributed by atoms with Gasteiger partial charge in [0.15, 0.2) is 11.5 Å². The Morgan fingerprint density at radius 1 is 1.13 bits per heavy atom. The molecule has 0 spiro atoms. The Kier molecular flexibility index (Phi) is 5.46. The number of carbonyl (C=O) groups excluding carboxylic acids is 2. The Labute approximate surface area is 174 Å². The molecule has 1 N–H and O–H groups in total. The van der Waals surface area contributed by atoms with Crippen molar-refractivity contribution in [2.75, 3.05) is 33.5 Å². The zero-order valence-electron chi connectivity index (χ0n) is 16.9. The van der Waals surface area contributed by atoms with Crippen molar-refractivity contribution in [3.8, 4) is 11.5 Å². The van der Waals surface area contributed by atoms with Crippen LogP contribution in [0, 0.1) is 6.92 Å². The van der Waals surface area contributed by atoms with E-state index >= 15 is 0 Å². The highest BCUT2D eigenvalue weighted by Gasteiger charge is 2.46. The van der Waals surface area contributed by atoms with Crippen molar-refractivity contribution < 1.29 is 28.9 Å². The number of hydrogen-bond acceptors (Lipinski definition) is 6. The largest absolute Gasteiger partial charge is 0.507 e. The zero-order valence-corrected chi connectivity index (χ0v) is 16.9. The van der Waals surface area contributed by atoms with Crippen molar-refractivity contribution in [2.24, 2.45) is 0 Å². The first-order valence-electron chi connectivity index (χ1n) is 9.76. The number of Topliss-reactive ketones (excluding diaryl/α,β-unsaturated/α-hetero) is 1. The average Bonchev–Trinajstić information content (AvgIpc) is 3.01. The van der Waals surface area contributed by atoms with Crippen LogP contribution in [0.3, 0.4) is 0 Å². The summed E-state index contributed by atoms with van der Waals surface area (Å²) in [7, 11) is 1.54. The summed E-state index contributed by atoms with van der Waals surface area (Å²) in [6.07, 6.45) is 0. The lowest BCUT2D eigenvalue weighted by atomic mass is 9.92. The van der Waals surface area contributed by atoms with E-state index in [0.717, 1.165) is 11.1 Å². The third-order valence-corrected chi connectivity index (χ3v) is 5.37. The average molecular weight is 409 g/mol. The normalized spacial score (nSPS) is 19.9. The molecule has 1 fully saturated rings. The minimum atomic E-state index is -0.716. The lowest BCUT2D eigenvalue weighted by Crippen LogP contribution is -2.32. The number of ketones is 1. The molecule has 0 radical (unpaired) electrons. The van der Waals surface area contributed by atoms with E-state index in [9.17, 15) is 14.7 Å². The number of aryl methyl sites for hydroxylation is 1. The molecule has 7 heteroatoms. The molecule has 0 bridgehead atoms. The molecule has 1 atom stereocenters. The Balaban J connectivity index is 1.85. The van der Waals surface area contributed by atoms with Gasteiger partial charge in [0.05, 0.1) is 18.2 Å². The van der Waals surface area contributed by atoms with Gasteiger partial charge in [0, 0.05) is 19.2 Å². The van der Waals surface area contributed by atoms with Crippen molar-refractivity contribution in [2.45, 2.75) is 13.0 Å². The van der Waals surface area contributed by atoms with E-state index in [1.54, 1.807) is 18.2 Å². The van der Waals surface area contributed by atoms with E-state index < -0.39 is 17.7 Å². The summed E-state index contributed by atoms with van der Waals surface area (Å²) in [6, 6.07) is 11.8. The van der Waals surface area contributed by atoms with E-state index in [0.29, 0.717) is 30.3 Å². The number of aliphatic hydroxyl groups is 1. The molecule has 156 valence electrons. The highest BCUT2D eigenvalue weighted by atomic mass is 16.6. The quantitative estimate of drug-likeness (QED) is 0.464. The summed E-state index contributed by atoms with van der Waals surface area (Å²) >= 11 is 0. The number of fused-ring (bicyclic) bond motifs is 1. The number of hydrogen-bond donors (Lipinski definition) is 1. The van der Waals surface area contributed by atoms with Gasteiger partial charge >= 0.3 is 0 Å². The second-order valence-electron chi connectivity index (χ2n) is 7.20. The fraction of sp³-hybridized carbons (Fsp3) is 0.304. The van der Waals surface area contributed by atoms with Gasteiger partial charge in [-0.15, -0.1) is 0 Å². The van der Waals surface area contributed by atoms with Crippen LogP contribution in [0.15, 0.2) is 48.0 Å². The maximum atomic E-state index is 13.0. The molecule has 1 unspecified atom stereocenters. The molecule has 2 aromatic rings. The maximum absolute atomic E-state index is 13.0. The lowest BCUT2D eigenvalue weighted by Gasteiger charge is -2.26. The van der Waals surface area contributed by atoms with Gasteiger partial charge in [0.2, 0.25) is 0 Å². The van der Waals surface area contributed by atoms with Gasteiger partial charge in [-0.3, -0.25) is 9.59 Å². The van der Waals surface area contributed by atoms with Gasteiger partial charge in [-0.2, -0.15) is 0 Å². The number of nitrogens with zero attached hydrogens (tertiary/aromatic N) is 1. The minimum absolute atomic E-state index is 0.0575. The predicted molar refractivity (Wildman–Crippen MR) is 109 cm³/mol. The maximum Gasteiger partial charge on any atom is 0.295 e. The van der Waals surface area contributed by atoms with Crippen LogP contribution in [0.4, 0.5) is 0 Å². The Morgan fingerprint density at radius 2 is 1.87 bits per heavy atom. The molecule has 0 saturated carbocycles. The van der Waals surface area contributed by atoms with Gasteiger partial charge in [-0.1, -0.05) is 24.3 Å². The minimum Gasteiger partial charge on any atom is -0.507 e. The van der Waals surface area contributed by atoms with Crippen LogP contribution in [-0.4, -0.2) is 55.2 Å². The molecule has 1 amide bonds. The van der Waals surface area contributed by atoms with Crippen molar-refractivity contribution in [1.82, 2.24) is 4.90 Å². The smallest absolute Gasteiger partial charge is 0.295 e. The topological polar surface area (TPSA) is 85.3 Å². The van der Waals surface area contributed by atoms with Crippen LogP contribution >= 0.6 is 0 Å². The Bertz CT molecular complexity index is 1030. The van der Waals surface area contributed by atoms with E-state index in [1.807, 2.05) is 31.2 Å². The number of ether oxygens (including phenoxy) is 3. The molecule has 4 rings (SSSR count). The van der Waals surface area contributed by atoms with Crippen LogP contribution in [0.5, 0.6) is 11.5 Å². The van der Waals surface area contributed by atoms with Crippen LogP contribution in [-0.2, 0) is 14.3 Å². The van der Waals surface area contributed by atoms with Gasteiger partial charge in [-0.25, -0.2) is 0 Å². The molecule has 2 heterocycles. The van der Waals surface area contributed by atoms with E-state index in [4.69, 9.17) is 14.2 Å². The third-order valence-electron chi connectivity index (χ3n) is 5.37. The van der Waals surface area contributed by atoms with Gasteiger partial charge in [0.1, 0.15) is 19.0 Å². The van der Waals surface area contributed by atoms with Crippen LogP contribution in [0.2, 0.25) is 0 Å². The van der Waals surface area contributed by atoms with Gasteiger partial charge in [-0.05, 0) is 36.2 Å². The first-order valence-corrected chi connectivity index (χ1v) is 9.76. The molecule has 0 aliphatic carbocycles. The van der Waals surface area contributed by atoms with E-state index in [1.165, 1.54) is 12.0 Å². The second kappa shape index (κ2) is 8.20. The highest BCUT2D eigenvalue weighted by molar-refractivity contribution is 6.46. The SMILES string of the molecule is COCCN1C(=O)C(=O)/C(=C(/O)c2ccc3c(c2)OCCO3)C1c1ccccc1C. The number of methoxy groups -OCH3 is 1. The number of carbonyl (C=O) groups is 2. The summed E-state index contributed by atoms with van der Waals surface area (Å²) in [4.78, 5) is 27.2. The van der Waals surface area contributed by atoms with Crippen molar-refractivity contribution in [3.05, 3.63) is 64.7 Å². The number of benzene rings is 2. The highest BCUT2D eigenvalue weighted by Crippen LogP contribution is 2.41. The number of rotatable bonds is 5. The zero-order chi connectivity index (χ0) is 21.3. The molecule has 1 saturated heterocycles. The van der Waals surface area contributed by atoms with Crippen LogP contribution in [0.1, 0.15) is 22.7 Å². The fourth-order valence-electron chi connectivity index (χ4n) is 3.86. The van der Waals surface area contributed by atoms with E-state index in [-0.39, 0.29) is 24.5 Å². The fourth-order valence-corrected chi connectivity index (χ4v) is 3.86. The summed E-state index contributed by atoms with van der Waals surface area (Å²) < 4.78 is 16.2. The third kappa shape index (κ3) is 3.41. The molecule has 2 aliphatic heterocycles. The molecule has 0 aromatic heterocycles. The monoisotopic (exact) mass is 409 g/mol. The summed E-state index contributed by atoms with van der Waals surface area (Å²) in [5.74, 6) is -0.537. The number of amides is 1. The predicted octanol–water partition coefficient (Wildman–Crippen LogP) is 2.83. The Morgan fingerprint density at radius 3 is 2.60 bits per heavy atom. The molecule has 2 aromatic carbocycles. The number of aliphatic hydroxyl groups excluding tert-OH is 1. The van der Waals surface area contributed by atoms with Crippen molar-refractivity contribution >= 4 is 17.4 Å². The Hall–Kier alpha value is -3.32. The lowest BCUT2D eigenvalue weighted by molar-refractivity contribution is -0.140. The number of likely N-dealkylation sites (tertiary alicyclic amines) is 1. The molecule has 7 nitrogen and oxygen atoms in total. The summed E-state index contributed by atoms with van der Waals surface area (Å²) in [5, 5.41) is 11.1. The standard InChI is InChI=1S/C23H23NO6/c1-14-5-3-4-6-16(14)20-19(22(26)23(27)24(20)9-10-28-2)21(25)15-7-8-17-18(13-15)30-12-11-29-17/h3-8,13,20,25H,9-12H2,1-2H3/b21-19+. The molecular weight excluding hydrogens is 386 g/mol. The van der Waals surface area contributed by atoms with Gasteiger partial charge in [0.25, 0.3) is 11.7 Å². The second-order valence-corrected chi connectivity index (χ2v) is 7.20.